The molecule has 0 aromatic heterocycles. The molecule has 7 nitrogen and oxygen atoms in total. The van der Waals surface area contributed by atoms with Gasteiger partial charge in [-0.1, -0.05) is 50.6 Å². The lowest BCUT2D eigenvalue weighted by Crippen LogP contribution is -2.17. The molecule has 3 N–H and O–H groups in total. The fraction of sp³-hybridized carbons (Fsp3) is 0.400. The highest BCUT2D eigenvalue weighted by Crippen LogP contribution is 2.35. The van der Waals surface area contributed by atoms with Crippen molar-refractivity contribution in [2.45, 2.75) is 45.4 Å². The summed E-state index contributed by atoms with van der Waals surface area (Å²) in [4.78, 5) is 0. The van der Waals surface area contributed by atoms with Crippen molar-refractivity contribution in [2.75, 3.05) is 15.2 Å². The molecule has 32 heavy (non-hydrogen) atoms. The number of hydrogen-bond donors (Lipinski definition) is 3. The number of sulfonamides is 1. The molecule has 178 valence electrons. The molecular formula is C20H25Br2ClN2O5S2. The van der Waals surface area contributed by atoms with Gasteiger partial charge in [-0.15, -0.1) is 0 Å². The Hall–Kier alpha value is -1.01. The molecule has 0 bridgehead atoms. The molecule has 0 saturated heterocycles. The van der Waals surface area contributed by atoms with Gasteiger partial charge in [-0.25, -0.2) is 8.42 Å². The summed E-state index contributed by atoms with van der Waals surface area (Å²) in [7, 11) is -3.52. The molecule has 2 rings (SSSR count). The number of rotatable bonds is 13. The molecule has 2 aromatic rings. The van der Waals surface area contributed by atoms with E-state index in [0.717, 1.165) is 32.1 Å². The highest BCUT2D eigenvalue weighted by atomic mass is 79.9. The number of phenols is 1. The van der Waals surface area contributed by atoms with Gasteiger partial charge in [0.1, 0.15) is 5.75 Å². The van der Waals surface area contributed by atoms with Crippen LogP contribution in [0.15, 0.2) is 39.3 Å². The normalized spacial score (nSPS) is 12.4. The monoisotopic (exact) mass is 630 g/mol. The number of halogens is 3. The summed E-state index contributed by atoms with van der Waals surface area (Å²) >= 11 is 10.5. The lowest BCUT2D eigenvalue weighted by molar-refractivity contribution is 0.468. The minimum Gasteiger partial charge on any atom is -0.506 e. The van der Waals surface area contributed by atoms with E-state index >= 15 is 0 Å². The quantitative estimate of drug-likeness (QED) is 0.168. The smallest absolute Gasteiger partial charge is 0.316 e. The summed E-state index contributed by atoms with van der Waals surface area (Å²) in [6, 6.07) is 7.40. The SMILES string of the molecule is CCCCCCCCS(=O)(=O)Nc1ccc(Cl)c(OS(=O)Nc2cc(Br)c(O)c(Br)c2)c1. The van der Waals surface area contributed by atoms with Crippen LogP contribution in [0.25, 0.3) is 0 Å². The van der Waals surface area contributed by atoms with Gasteiger partial charge in [0.05, 0.1) is 31.1 Å². The van der Waals surface area contributed by atoms with Crippen molar-refractivity contribution in [3.05, 3.63) is 44.3 Å². The molecule has 0 amide bonds. The Kier molecular flexibility index (Phi) is 11.1. The number of phenolic OH excluding ortho intramolecular Hbond substituents is 1. The molecular weight excluding hydrogens is 608 g/mol. The molecule has 12 heteroatoms. The standard InChI is InChI=1S/C20H25Br2ClN2O5S2/c1-2-3-4-5-6-7-10-32(28,29)25-14-8-9-18(23)19(13-14)30-31(27)24-15-11-16(21)20(26)17(22)12-15/h8-9,11-13,24-26H,2-7,10H2,1H3. The molecule has 0 spiro atoms. The Morgan fingerprint density at radius 2 is 1.66 bits per heavy atom. The van der Waals surface area contributed by atoms with Crippen LogP contribution in [0.2, 0.25) is 5.02 Å². The Labute approximate surface area is 213 Å². The van der Waals surface area contributed by atoms with Crippen molar-refractivity contribution in [3.63, 3.8) is 0 Å². The van der Waals surface area contributed by atoms with Crippen molar-refractivity contribution in [2.24, 2.45) is 0 Å². The average molecular weight is 633 g/mol. The van der Waals surface area contributed by atoms with Crippen LogP contribution in [0.3, 0.4) is 0 Å². The third-order valence-corrected chi connectivity index (χ3v) is 7.98. The molecule has 1 atom stereocenters. The van der Waals surface area contributed by atoms with E-state index in [-0.39, 0.29) is 28.0 Å². The highest BCUT2D eigenvalue weighted by molar-refractivity contribution is 9.11. The Balaban J connectivity index is 1.97. The molecule has 0 aliphatic heterocycles. The number of unbranched alkanes of at least 4 members (excludes halogenated alkanes) is 5. The van der Waals surface area contributed by atoms with Crippen molar-refractivity contribution >= 4 is 76.1 Å². The van der Waals surface area contributed by atoms with Gasteiger partial charge in [-0.3, -0.25) is 9.44 Å². The largest absolute Gasteiger partial charge is 0.506 e. The van der Waals surface area contributed by atoms with Crippen LogP contribution in [0.1, 0.15) is 45.4 Å². The first-order valence-electron chi connectivity index (χ1n) is 9.96. The maximum atomic E-state index is 12.4. The number of aromatic hydroxyl groups is 1. The van der Waals surface area contributed by atoms with Crippen LogP contribution in [0, 0.1) is 0 Å². The number of hydrogen-bond acceptors (Lipinski definition) is 5. The minimum absolute atomic E-state index is 0.00578. The van der Waals surface area contributed by atoms with E-state index in [2.05, 4.69) is 48.2 Å². The van der Waals surface area contributed by atoms with E-state index in [1.807, 2.05) is 0 Å². The van der Waals surface area contributed by atoms with Crippen LogP contribution in [-0.4, -0.2) is 23.5 Å². The van der Waals surface area contributed by atoms with Crippen molar-refractivity contribution in [3.8, 4) is 11.5 Å². The molecule has 0 aliphatic rings. The Morgan fingerprint density at radius 3 is 2.31 bits per heavy atom. The first-order valence-corrected chi connectivity index (χ1v) is 14.6. The summed E-state index contributed by atoms with van der Waals surface area (Å²) in [5.74, 6) is 0.0798. The van der Waals surface area contributed by atoms with Gasteiger partial charge >= 0.3 is 11.3 Å². The molecule has 0 saturated carbocycles. The molecule has 0 heterocycles. The summed E-state index contributed by atoms with van der Waals surface area (Å²) in [6.07, 6.45) is 5.90. The van der Waals surface area contributed by atoms with Crippen LogP contribution < -0.4 is 13.6 Å². The van der Waals surface area contributed by atoms with Crippen molar-refractivity contribution in [1.82, 2.24) is 0 Å². The molecule has 2 aromatic carbocycles. The van der Waals surface area contributed by atoms with Gasteiger partial charge in [-0.05, 0) is 62.5 Å². The molecule has 0 fully saturated rings. The summed E-state index contributed by atoms with van der Waals surface area (Å²) in [5.41, 5.74) is 0.675. The maximum absolute atomic E-state index is 12.4. The lowest BCUT2D eigenvalue weighted by Gasteiger charge is -2.12. The topological polar surface area (TPSA) is 105 Å². The predicted octanol–water partition coefficient (Wildman–Crippen LogP) is 6.74. The Bertz CT molecular complexity index is 1030. The van der Waals surface area contributed by atoms with Crippen LogP contribution in [0.4, 0.5) is 11.4 Å². The number of benzene rings is 2. The van der Waals surface area contributed by atoms with E-state index in [0.29, 0.717) is 21.1 Å². The molecule has 1 unspecified atom stereocenters. The lowest BCUT2D eigenvalue weighted by atomic mass is 10.1. The zero-order chi connectivity index (χ0) is 23.7. The third-order valence-electron chi connectivity index (χ3n) is 4.35. The van der Waals surface area contributed by atoms with E-state index in [1.54, 1.807) is 0 Å². The van der Waals surface area contributed by atoms with Gasteiger partial charge in [0.15, 0.2) is 5.75 Å². The Morgan fingerprint density at radius 1 is 1.03 bits per heavy atom. The van der Waals surface area contributed by atoms with E-state index in [1.165, 1.54) is 30.3 Å². The fourth-order valence-electron chi connectivity index (χ4n) is 2.76. The van der Waals surface area contributed by atoms with Crippen molar-refractivity contribution < 1.29 is 21.9 Å². The second-order valence-electron chi connectivity index (χ2n) is 7.04. The summed E-state index contributed by atoms with van der Waals surface area (Å²) in [6.45, 7) is 2.13. The fourth-order valence-corrected chi connectivity index (χ4v) is 5.97. The molecule has 0 aliphatic carbocycles. The van der Waals surface area contributed by atoms with E-state index in [9.17, 15) is 17.7 Å². The van der Waals surface area contributed by atoms with Gasteiger partial charge < -0.3 is 9.29 Å². The number of anilines is 2. The maximum Gasteiger partial charge on any atom is 0.316 e. The minimum atomic E-state index is -3.52. The summed E-state index contributed by atoms with van der Waals surface area (Å²) < 4.78 is 48.4. The third kappa shape index (κ3) is 9.09. The van der Waals surface area contributed by atoms with Crippen LogP contribution in [0.5, 0.6) is 11.5 Å². The van der Waals surface area contributed by atoms with E-state index in [4.69, 9.17) is 15.8 Å². The second kappa shape index (κ2) is 13.0. The second-order valence-corrected chi connectivity index (χ2v) is 11.8. The zero-order valence-electron chi connectivity index (χ0n) is 17.4. The van der Waals surface area contributed by atoms with Gasteiger partial charge in [0.2, 0.25) is 10.0 Å². The van der Waals surface area contributed by atoms with Crippen LogP contribution >= 0.6 is 43.5 Å². The van der Waals surface area contributed by atoms with Crippen LogP contribution in [-0.2, 0) is 21.3 Å². The average Bonchev–Trinajstić information content (AvgIpc) is 2.71. The zero-order valence-corrected chi connectivity index (χ0v) is 22.9. The first-order chi connectivity index (χ1) is 15.1. The predicted molar refractivity (Wildman–Crippen MR) is 138 cm³/mol. The van der Waals surface area contributed by atoms with Crippen molar-refractivity contribution in [1.29, 1.82) is 0 Å². The molecule has 0 radical (unpaired) electrons. The number of nitrogens with one attached hydrogen (secondary N) is 2. The van der Waals surface area contributed by atoms with Gasteiger partial charge in [0.25, 0.3) is 0 Å². The van der Waals surface area contributed by atoms with Gasteiger partial charge in [0, 0.05) is 6.07 Å². The van der Waals surface area contributed by atoms with Gasteiger partial charge in [-0.2, -0.15) is 4.21 Å². The first kappa shape index (κ1) is 27.2. The van der Waals surface area contributed by atoms with E-state index < -0.39 is 21.3 Å². The summed E-state index contributed by atoms with van der Waals surface area (Å²) in [5, 5.41) is 9.93. The highest BCUT2D eigenvalue weighted by Gasteiger charge is 2.14.